The van der Waals surface area contributed by atoms with Crippen molar-refractivity contribution < 1.29 is 15.0 Å². The number of primary amides is 1. The monoisotopic (exact) mass is 210 g/mol. The zero-order valence-electron chi connectivity index (χ0n) is 8.13. The zero-order valence-corrected chi connectivity index (χ0v) is 8.13. The number of aliphatic hydroxyl groups excluding tert-OH is 2. The van der Waals surface area contributed by atoms with Crippen LogP contribution in [0.25, 0.3) is 0 Å². The molecule has 6 N–H and O–H groups in total. The Morgan fingerprint density at radius 2 is 2.07 bits per heavy atom. The second-order valence-electron chi connectivity index (χ2n) is 3.24. The molecule has 82 valence electrons. The number of carbonyl (C=O) groups is 1. The van der Waals surface area contributed by atoms with Gasteiger partial charge in [-0.3, -0.25) is 4.79 Å². The summed E-state index contributed by atoms with van der Waals surface area (Å²) in [4.78, 5) is 10.9. The normalized spacial score (nSPS) is 14.6. The van der Waals surface area contributed by atoms with Crippen molar-refractivity contribution in [2.45, 2.75) is 12.2 Å². The van der Waals surface area contributed by atoms with Crippen LogP contribution in [-0.4, -0.2) is 28.8 Å². The largest absolute Gasteiger partial charge is 0.389 e. The SMILES string of the molecule is NCC(O)C(O)c1cccc(C(N)=O)c1. The summed E-state index contributed by atoms with van der Waals surface area (Å²) in [5, 5.41) is 18.9. The fraction of sp³-hybridized carbons (Fsp3) is 0.300. The van der Waals surface area contributed by atoms with Crippen LogP contribution in [0.2, 0.25) is 0 Å². The van der Waals surface area contributed by atoms with Gasteiger partial charge in [0.05, 0.1) is 6.10 Å². The highest BCUT2D eigenvalue weighted by molar-refractivity contribution is 5.92. The molecular formula is C10H14N2O3. The van der Waals surface area contributed by atoms with Crippen LogP contribution in [0.4, 0.5) is 0 Å². The van der Waals surface area contributed by atoms with Gasteiger partial charge in [-0.15, -0.1) is 0 Å². The number of hydrogen-bond donors (Lipinski definition) is 4. The Morgan fingerprint density at radius 3 is 2.60 bits per heavy atom. The average Bonchev–Trinajstić information content (AvgIpc) is 2.27. The van der Waals surface area contributed by atoms with Crippen molar-refractivity contribution >= 4 is 5.91 Å². The molecule has 0 aliphatic carbocycles. The van der Waals surface area contributed by atoms with Gasteiger partial charge in [0.15, 0.2) is 0 Å². The first-order chi connectivity index (χ1) is 7.06. The first kappa shape index (κ1) is 11.6. The lowest BCUT2D eigenvalue weighted by Gasteiger charge is -2.16. The summed E-state index contributed by atoms with van der Waals surface area (Å²) < 4.78 is 0. The molecule has 5 heteroatoms. The lowest BCUT2D eigenvalue weighted by atomic mass is 10.0. The van der Waals surface area contributed by atoms with Gasteiger partial charge in [-0.2, -0.15) is 0 Å². The van der Waals surface area contributed by atoms with E-state index in [1.165, 1.54) is 12.1 Å². The molecule has 0 spiro atoms. The van der Waals surface area contributed by atoms with Crippen LogP contribution in [0.1, 0.15) is 22.0 Å². The van der Waals surface area contributed by atoms with E-state index in [2.05, 4.69) is 0 Å². The van der Waals surface area contributed by atoms with Gasteiger partial charge in [-0.05, 0) is 17.7 Å². The molecular weight excluding hydrogens is 196 g/mol. The van der Waals surface area contributed by atoms with Crippen LogP contribution < -0.4 is 11.5 Å². The van der Waals surface area contributed by atoms with E-state index in [1.54, 1.807) is 12.1 Å². The Hall–Kier alpha value is -1.43. The Morgan fingerprint density at radius 1 is 1.40 bits per heavy atom. The van der Waals surface area contributed by atoms with Crippen molar-refractivity contribution in [1.29, 1.82) is 0 Å². The topological polar surface area (TPSA) is 110 Å². The van der Waals surface area contributed by atoms with Gasteiger partial charge in [0.25, 0.3) is 0 Å². The lowest BCUT2D eigenvalue weighted by molar-refractivity contribution is 0.0243. The van der Waals surface area contributed by atoms with Gasteiger partial charge >= 0.3 is 0 Å². The first-order valence-electron chi connectivity index (χ1n) is 4.52. The molecule has 2 unspecified atom stereocenters. The molecule has 2 atom stereocenters. The van der Waals surface area contributed by atoms with Gasteiger partial charge < -0.3 is 21.7 Å². The van der Waals surface area contributed by atoms with Crippen LogP contribution in [0.15, 0.2) is 24.3 Å². The van der Waals surface area contributed by atoms with E-state index in [9.17, 15) is 15.0 Å². The van der Waals surface area contributed by atoms with Crippen LogP contribution in [-0.2, 0) is 0 Å². The molecule has 1 rings (SSSR count). The third-order valence-corrected chi connectivity index (χ3v) is 2.12. The highest BCUT2D eigenvalue weighted by atomic mass is 16.3. The van der Waals surface area contributed by atoms with Crippen LogP contribution in [0.5, 0.6) is 0 Å². The maximum Gasteiger partial charge on any atom is 0.248 e. The van der Waals surface area contributed by atoms with Crippen molar-refractivity contribution in [1.82, 2.24) is 0 Å². The summed E-state index contributed by atoms with van der Waals surface area (Å²) >= 11 is 0. The molecule has 15 heavy (non-hydrogen) atoms. The Bertz CT molecular complexity index is 354. The van der Waals surface area contributed by atoms with Crippen LogP contribution in [0, 0.1) is 0 Å². The van der Waals surface area contributed by atoms with E-state index >= 15 is 0 Å². The van der Waals surface area contributed by atoms with Crippen molar-refractivity contribution in [3.8, 4) is 0 Å². The fourth-order valence-electron chi connectivity index (χ4n) is 1.23. The summed E-state index contributed by atoms with van der Waals surface area (Å²) in [6.45, 7) is -0.0536. The van der Waals surface area contributed by atoms with Crippen LogP contribution >= 0.6 is 0 Å². The number of rotatable bonds is 4. The second kappa shape index (κ2) is 4.88. The maximum atomic E-state index is 10.9. The van der Waals surface area contributed by atoms with E-state index < -0.39 is 18.1 Å². The fourth-order valence-corrected chi connectivity index (χ4v) is 1.23. The standard InChI is InChI=1S/C10H14N2O3/c11-5-8(13)9(14)6-2-1-3-7(4-6)10(12)15/h1-4,8-9,13-14H,5,11H2,(H2,12,15). The Kier molecular flexibility index (Phi) is 3.79. The highest BCUT2D eigenvalue weighted by Gasteiger charge is 2.17. The Balaban J connectivity index is 2.94. The van der Waals surface area contributed by atoms with Gasteiger partial charge in [0.1, 0.15) is 6.10 Å². The summed E-state index contributed by atoms with van der Waals surface area (Å²) in [7, 11) is 0. The van der Waals surface area contributed by atoms with E-state index in [4.69, 9.17) is 11.5 Å². The molecule has 0 aromatic heterocycles. The maximum absolute atomic E-state index is 10.9. The number of amides is 1. The third kappa shape index (κ3) is 2.76. The van der Waals surface area contributed by atoms with Crippen LogP contribution in [0.3, 0.4) is 0 Å². The predicted molar refractivity (Wildman–Crippen MR) is 55.0 cm³/mol. The molecule has 0 radical (unpaired) electrons. The van der Waals surface area contributed by atoms with Crippen molar-refractivity contribution in [3.05, 3.63) is 35.4 Å². The smallest absolute Gasteiger partial charge is 0.248 e. The predicted octanol–water partition coefficient (Wildman–Crippen LogP) is -0.862. The minimum absolute atomic E-state index is 0.0536. The molecule has 0 saturated heterocycles. The molecule has 0 bridgehead atoms. The summed E-state index contributed by atoms with van der Waals surface area (Å²) in [6, 6.07) is 6.15. The summed E-state index contributed by atoms with van der Waals surface area (Å²) in [5.41, 5.74) is 11.0. The molecule has 1 aromatic carbocycles. The number of aliphatic hydroxyl groups is 2. The third-order valence-electron chi connectivity index (χ3n) is 2.12. The van der Waals surface area contributed by atoms with Gasteiger partial charge in [-0.25, -0.2) is 0 Å². The molecule has 0 aliphatic heterocycles. The second-order valence-corrected chi connectivity index (χ2v) is 3.24. The molecule has 5 nitrogen and oxygen atoms in total. The molecule has 1 amide bonds. The van der Waals surface area contributed by atoms with Gasteiger partial charge in [0.2, 0.25) is 5.91 Å². The molecule has 0 fully saturated rings. The average molecular weight is 210 g/mol. The van der Waals surface area contributed by atoms with E-state index in [-0.39, 0.29) is 12.1 Å². The van der Waals surface area contributed by atoms with Crippen molar-refractivity contribution in [2.24, 2.45) is 11.5 Å². The Labute approximate surface area is 87.3 Å². The first-order valence-corrected chi connectivity index (χ1v) is 4.52. The summed E-state index contributed by atoms with van der Waals surface area (Å²) in [6.07, 6.45) is -2.15. The minimum Gasteiger partial charge on any atom is -0.389 e. The van der Waals surface area contributed by atoms with Gasteiger partial charge in [0, 0.05) is 12.1 Å². The van der Waals surface area contributed by atoms with Crippen molar-refractivity contribution in [3.63, 3.8) is 0 Å². The van der Waals surface area contributed by atoms with E-state index in [0.717, 1.165) is 0 Å². The molecule has 1 aromatic rings. The van der Waals surface area contributed by atoms with E-state index in [0.29, 0.717) is 5.56 Å². The molecule has 0 saturated carbocycles. The highest BCUT2D eigenvalue weighted by Crippen LogP contribution is 2.17. The molecule has 0 heterocycles. The van der Waals surface area contributed by atoms with Gasteiger partial charge in [-0.1, -0.05) is 12.1 Å². The zero-order chi connectivity index (χ0) is 11.4. The number of benzene rings is 1. The number of hydrogen-bond acceptors (Lipinski definition) is 4. The molecule has 0 aliphatic rings. The summed E-state index contributed by atoms with van der Waals surface area (Å²) in [5.74, 6) is -0.578. The number of nitrogens with two attached hydrogens (primary N) is 2. The van der Waals surface area contributed by atoms with Crippen molar-refractivity contribution in [2.75, 3.05) is 6.54 Å². The lowest BCUT2D eigenvalue weighted by Crippen LogP contribution is -2.27. The number of carbonyl (C=O) groups excluding carboxylic acids is 1. The van der Waals surface area contributed by atoms with E-state index in [1.807, 2.05) is 0 Å². The minimum atomic E-state index is -1.10. The quantitative estimate of drug-likeness (QED) is 0.518.